The third-order valence-electron chi connectivity index (χ3n) is 6.20. The minimum atomic E-state index is -3.49. The molecular formula is C19H24N6O2S. The molecule has 0 atom stereocenters. The standard InChI is InChI=1S/C19H24N6O2S/c1-13-18(10-21-23(13)2)28(26,27)24-7-5-15(6-8-24)17-11-25-19(20-12-22-25)9-16(17)14-3-4-14/h9-12,14-15H,3-8H2,1-2H3. The summed E-state index contributed by atoms with van der Waals surface area (Å²) in [6, 6.07) is 2.17. The normalized spacial score (nSPS) is 19.5. The number of hydrogen-bond donors (Lipinski definition) is 0. The third-order valence-corrected chi connectivity index (χ3v) is 8.20. The molecule has 3 aromatic heterocycles. The van der Waals surface area contributed by atoms with E-state index < -0.39 is 10.0 Å². The number of piperidine rings is 1. The van der Waals surface area contributed by atoms with E-state index in [1.165, 1.54) is 30.2 Å². The zero-order valence-corrected chi connectivity index (χ0v) is 16.9. The molecule has 5 rings (SSSR count). The van der Waals surface area contributed by atoms with Crippen molar-refractivity contribution in [3.05, 3.63) is 41.6 Å². The quantitative estimate of drug-likeness (QED) is 0.670. The van der Waals surface area contributed by atoms with Crippen molar-refractivity contribution in [3.8, 4) is 0 Å². The van der Waals surface area contributed by atoms with Crippen LogP contribution < -0.4 is 0 Å². The van der Waals surface area contributed by atoms with Crippen molar-refractivity contribution in [2.45, 2.75) is 49.3 Å². The Kier molecular flexibility index (Phi) is 4.06. The van der Waals surface area contributed by atoms with E-state index in [1.807, 2.05) is 4.52 Å². The van der Waals surface area contributed by atoms with Crippen molar-refractivity contribution >= 4 is 15.7 Å². The maximum Gasteiger partial charge on any atom is 0.246 e. The minimum absolute atomic E-state index is 0.316. The summed E-state index contributed by atoms with van der Waals surface area (Å²) < 4.78 is 31.1. The molecule has 28 heavy (non-hydrogen) atoms. The average Bonchev–Trinajstić information content (AvgIpc) is 3.34. The maximum atomic E-state index is 13.0. The van der Waals surface area contributed by atoms with Crippen LogP contribution in [0.25, 0.3) is 5.65 Å². The lowest BCUT2D eigenvalue weighted by Gasteiger charge is -2.32. The summed E-state index contributed by atoms with van der Waals surface area (Å²) in [5.41, 5.74) is 4.26. The first-order valence-electron chi connectivity index (χ1n) is 9.77. The molecule has 2 fully saturated rings. The second-order valence-corrected chi connectivity index (χ2v) is 9.82. The SMILES string of the molecule is Cc1c(S(=O)(=O)N2CCC(c3cn4ncnc4cc3C3CC3)CC2)cnn1C. The number of rotatable bonds is 4. The average molecular weight is 401 g/mol. The number of sulfonamides is 1. The summed E-state index contributed by atoms with van der Waals surface area (Å²) in [4.78, 5) is 4.64. The molecule has 0 radical (unpaired) electrons. The monoisotopic (exact) mass is 400 g/mol. The molecule has 0 aromatic carbocycles. The van der Waals surface area contributed by atoms with Gasteiger partial charge in [-0.15, -0.1) is 0 Å². The first-order valence-corrected chi connectivity index (χ1v) is 11.2. The summed E-state index contributed by atoms with van der Waals surface area (Å²) in [5.74, 6) is 0.974. The Hall–Kier alpha value is -2.26. The molecule has 9 heteroatoms. The first-order chi connectivity index (χ1) is 13.4. The number of fused-ring (bicyclic) bond motifs is 1. The van der Waals surface area contributed by atoms with E-state index in [9.17, 15) is 8.42 Å². The lowest BCUT2D eigenvalue weighted by Crippen LogP contribution is -2.38. The van der Waals surface area contributed by atoms with Gasteiger partial charge in [0.05, 0.1) is 11.9 Å². The van der Waals surface area contributed by atoms with Gasteiger partial charge in [-0.1, -0.05) is 0 Å². The smallest absolute Gasteiger partial charge is 0.246 e. The first kappa shape index (κ1) is 17.8. The van der Waals surface area contributed by atoms with Gasteiger partial charge >= 0.3 is 0 Å². The van der Waals surface area contributed by atoms with Crippen LogP contribution in [0.2, 0.25) is 0 Å². The lowest BCUT2D eigenvalue weighted by molar-refractivity contribution is 0.318. The van der Waals surface area contributed by atoms with Crippen LogP contribution in [0.4, 0.5) is 0 Å². The van der Waals surface area contributed by atoms with Gasteiger partial charge in [0.1, 0.15) is 11.2 Å². The molecule has 0 unspecified atom stereocenters. The Morgan fingerprint density at radius 1 is 1.04 bits per heavy atom. The van der Waals surface area contributed by atoms with E-state index >= 15 is 0 Å². The minimum Gasteiger partial charge on any atom is -0.272 e. The van der Waals surface area contributed by atoms with E-state index in [0.717, 1.165) is 18.5 Å². The molecule has 148 valence electrons. The zero-order valence-electron chi connectivity index (χ0n) is 16.1. The molecule has 4 heterocycles. The third kappa shape index (κ3) is 2.84. The molecule has 0 N–H and O–H groups in total. The van der Waals surface area contributed by atoms with Crippen LogP contribution in [-0.4, -0.2) is 50.2 Å². The summed E-state index contributed by atoms with van der Waals surface area (Å²) in [7, 11) is -1.73. The summed E-state index contributed by atoms with van der Waals surface area (Å²) in [6.07, 6.45) is 9.24. The second kappa shape index (κ2) is 6.38. The van der Waals surface area contributed by atoms with Crippen molar-refractivity contribution in [3.63, 3.8) is 0 Å². The van der Waals surface area contributed by atoms with Crippen LogP contribution >= 0.6 is 0 Å². The van der Waals surface area contributed by atoms with Crippen molar-refractivity contribution in [1.82, 2.24) is 28.7 Å². The van der Waals surface area contributed by atoms with Gasteiger partial charge in [-0.3, -0.25) is 4.68 Å². The topological polar surface area (TPSA) is 85.4 Å². The van der Waals surface area contributed by atoms with Gasteiger partial charge in [0.25, 0.3) is 0 Å². The fourth-order valence-corrected chi connectivity index (χ4v) is 5.91. The highest BCUT2D eigenvalue weighted by Crippen LogP contribution is 2.45. The van der Waals surface area contributed by atoms with E-state index in [4.69, 9.17) is 0 Å². The Bertz CT molecular complexity index is 1140. The molecule has 2 aliphatic rings. The Morgan fingerprint density at radius 3 is 2.39 bits per heavy atom. The molecule has 8 nitrogen and oxygen atoms in total. The number of aryl methyl sites for hydroxylation is 1. The Balaban J connectivity index is 1.40. The van der Waals surface area contributed by atoms with Gasteiger partial charge in [-0.2, -0.15) is 14.5 Å². The molecule has 1 saturated heterocycles. The van der Waals surface area contributed by atoms with Crippen LogP contribution in [-0.2, 0) is 17.1 Å². The van der Waals surface area contributed by atoms with Crippen molar-refractivity contribution < 1.29 is 8.42 Å². The predicted octanol–water partition coefficient (Wildman–Crippen LogP) is 2.22. The van der Waals surface area contributed by atoms with Crippen LogP contribution in [0.1, 0.15) is 54.3 Å². The molecule has 1 aliphatic heterocycles. The molecule has 0 spiro atoms. The molecule has 0 bridgehead atoms. The van der Waals surface area contributed by atoms with Crippen LogP contribution in [0.5, 0.6) is 0 Å². The van der Waals surface area contributed by atoms with E-state index in [2.05, 4.69) is 27.4 Å². The van der Waals surface area contributed by atoms with Crippen LogP contribution in [0.15, 0.2) is 29.7 Å². The van der Waals surface area contributed by atoms with Crippen molar-refractivity contribution in [2.75, 3.05) is 13.1 Å². The van der Waals surface area contributed by atoms with Gasteiger partial charge in [0, 0.05) is 26.3 Å². The van der Waals surface area contributed by atoms with Gasteiger partial charge in [0.15, 0.2) is 5.65 Å². The number of pyridine rings is 1. The molecule has 0 amide bonds. The molecule has 3 aromatic rings. The van der Waals surface area contributed by atoms with E-state index in [1.54, 1.807) is 29.3 Å². The summed E-state index contributed by atoms with van der Waals surface area (Å²) >= 11 is 0. The maximum absolute atomic E-state index is 13.0. The predicted molar refractivity (Wildman–Crippen MR) is 104 cm³/mol. The van der Waals surface area contributed by atoms with Crippen LogP contribution in [0, 0.1) is 6.92 Å². The Labute approximate surface area is 164 Å². The van der Waals surface area contributed by atoms with E-state index in [0.29, 0.717) is 35.5 Å². The molecular weight excluding hydrogens is 376 g/mol. The summed E-state index contributed by atoms with van der Waals surface area (Å²) in [5, 5.41) is 8.39. The van der Waals surface area contributed by atoms with Crippen LogP contribution in [0.3, 0.4) is 0 Å². The number of aromatic nitrogens is 5. The lowest BCUT2D eigenvalue weighted by atomic mass is 9.87. The van der Waals surface area contributed by atoms with Gasteiger partial charge in [0.2, 0.25) is 10.0 Å². The fourth-order valence-electron chi connectivity index (χ4n) is 4.26. The highest BCUT2D eigenvalue weighted by Gasteiger charge is 2.35. The molecule has 1 saturated carbocycles. The van der Waals surface area contributed by atoms with Crippen molar-refractivity contribution in [1.29, 1.82) is 0 Å². The highest BCUT2D eigenvalue weighted by atomic mass is 32.2. The molecule has 1 aliphatic carbocycles. The van der Waals surface area contributed by atoms with Crippen molar-refractivity contribution in [2.24, 2.45) is 7.05 Å². The fraction of sp³-hybridized carbons (Fsp3) is 0.526. The van der Waals surface area contributed by atoms with Gasteiger partial charge < -0.3 is 0 Å². The zero-order chi connectivity index (χ0) is 19.5. The highest BCUT2D eigenvalue weighted by molar-refractivity contribution is 7.89. The summed E-state index contributed by atoms with van der Waals surface area (Å²) in [6.45, 7) is 2.85. The Morgan fingerprint density at radius 2 is 1.75 bits per heavy atom. The number of hydrogen-bond acceptors (Lipinski definition) is 5. The van der Waals surface area contributed by atoms with Gasteiger partial charge in [-0.25, -0.2) is 17.9 Å². The second-order valence-electron chi connectivity index (χ2n) is 7.92. The number of nitrogens with zero attached hydrogens (tertiary/aromatic N) is 6. The largest absolute Gasteiger partial charge is 0.272 e. The van der Waals surface area contributed by atoms with Gasteiger partial charge in [-0.05, 0) is 61.6 Å². The van der Waals surface area contributed by atoms with E-state index in [-0.39, 0.29) is 0 Å².